The number of hydrogen-bond donors (Lipinski definition) is 0. The molecule has 1 atom stereocenters. The SMILES string of the molecule is CCCCCC1CCC(C2CCC(CCc3ccc(OC(F)(F)c4c(C)cc(C5CO5)c(F)c4C(F)(F)F)cc3)CC2)CC1. The molecule has 2 aliphatic carbocycles. The second-order valence-corrected chi connectivity index (χ2v) is 13.5. The lowest BCUT2D eigenvalue weighted by molar-refractivity contribution is -0.196. The van der Waals surface area contributed by atoms with Gasteiger partial charge in [0.1, 0.15) is 23.2 Å². The van der Waals surface area contributed by atoms with Crippen molar-refractivity contribution < 1.29 is 35.8 Å². The van der Waals surface area contributed by atoms with Crippen LogP contribution in [0.2, 0.25) is 0 Å². The van der Waals surface area contributed by atoms with Gasteiger partial charge in [-0.3, -0.25) is 0 Å². The van der Waals surface area contributed by atoms with E-state index in [4.69, 9.17) is 9.47 Å². The first kappa shape index (κ1) is 33.2. The minimum atomic E-state index is -5.34. The van der Waals surface area contributed by atoms with Crippen LogP contribution < -0.4 is 4.74 Å². The van der Waals surface area contributed by atoms with E-state index in [0.29, 0.717) is 5.92 Å². The largest absolute Gasteiger partial charge is 0.429 e. The van der Waals surface area contributed by atoms with Crippen molar-refractivity contribution in [1.29, 1.82) is 0 Å². The van der Waals surface area contributed by atoms with Crippen molar-refractivity contribution in [3.63, 3.8) is 0 Å². The lowest BCUT2D eigenvalue weighted by Gasteiger charge is -2.38. The molecular weight excluding hydrogens is 578 g/mol. The summed E-state index contributed by atoms with van der Waals surface area (Å²) < 4.78 is 96.5. The van der Waals surface area contributed by atoms with Gasteiger partial charge in [0, 0.05) is 5.56 Å². The van der Waals surface area contributed by atoms with Gasteiger partial charge in [-0.2, -0.15) is 22.0 Å². The van der Waals surface area contributed by atoms with Gasteiger partial charge in [-0.15, -0.1) is 0 Å². The highest BCUT2D eigenvalue weighted by molar-refractivity contribution is 5.45. The Labute approximate surface area is 257 Å². The maximum absolute atomic E-state index is 15.2. The summed E-state index contributed by atoms with van der Waals surface area (Å²) in [5.74, 6) is 1.33. The number of halogens is 6. The molecule has 8 heteroatoms. The number of aryl methyl sites for hydroxylation is 2. The van der Waals surface area contributed by atoms with Crippen LogP contribution in [0.3, 0.4) is 0 Å². The molecule has 3 aliphatic rings. The van der Waals surface area contributed by atoms with Crippen LogP contribution in [0.5, 0.6) is 5.75 Å². The van der Waals surface area contributed by atoms with Gasteiger partial charge in [0.15, 0.2) is 0 Å². The fourth-order valence-corrected chi connectivity index (χ4v) is 7.80. The molecule has 0 amide bonds. The minimum absolute atomic E-state index is 0.0492. The number of benzene rings is 2. The fraction of sp³-hybridized carbons (Fsp3) is 0.667. The van der Waals surface area contributed by atoms with E-state index in [1.54, 1.807) is 12.1 Å². The maximum atomic E-state index is 15.2. The lowest BCUT2D eigenvalue weighted by Crippen LogP contribution is -2.29. The Bertz CT molecular complexity index is 1220. The number of rotatable bonds is 12. The van der Waals surface area contributed by atoms with Crippen LogP contribution in [0.4, 0.5) is 26.3 Å². The van der Waals surface area contributed by atoms with Crippen molar-refractivity contribution in [2.75, 3.05) is 6.61 Å². The molecule has 1 heterocycles. The Kier molecular flexibility index (Phi) is 10.6. The van der Waals surface area contributed by atoms with Crippen LogP contribution in [-0.2, 0) is 23.4 Å². The molecule has 0 bridgehead atoms. The van der Waals surface area contributed by atoms with Gasteiger partial charge in [-0.25, -0.2) is 4.39 Å². The van der Waals surface area contributed by atoms with Gasteiger partial charge < -0.3 is 9.47 Å². The zero-order chi connectivity index (χ0) is 31.5. The van der Waals surface area contributed by atoms with E-state index in [9.17, 15) is 17.6 Å². The molecule has 44 heavy (non-hydrogen) atoms. The maximum Gasteiger partial charge on any atom is 0.427 e. The van der Waals surface area contributed by atoms with Crippen LogP contribution >= 0.6 is 0 Å². The summed E-state index contributed by atoms with van der Waals surface area (Å²) in [5.41, 5.74) is -3.32. The zero-order valence-electron chi connectivity index (χ0n) is 26.0. The molecule has 2 aromatic rings. The van der Waals surface area contributed by atoms with Crippen molar-refractivity contribution in [2.24, 2.45) is 23.7 Å². The van der Waals surface area contributed by atoms with Crippen LogP contribution in [0.25, 0.3) is 0 Å². The molecule has 0 N–H and O–H groups in total. The van der Waals surface area contributed by atoms with Crippen LogP contribution in [0, 0.1) is 36.4 Å². The molecule has 2 saturated carbocycles. The molecule has 0 spiro atoms. The normalized spacial score (nSPS) is 26.0. The molecule has 0 aromatic heterocycles. The molecule has 2 aromatic carbocycles. The summed E-state index contributed by atoms with van der Waals surface area (Å²) in [6.07, 6.45) is 7.35. The summed E-state index contributed by atoms with van der Waals surface area (Å²) >= 11 is 0. The van der Waals surface area contributed by atoms with E-state index >= 15 is 8.78 Å². The van der Waals surface area contributed by atoms with Crippen molar-refractivity contribution in [2.45, 2.75) is 122 Å². The smallest absolute Gasteiger partial charge is 0.427 e. The molecular formula is C36H46F6O2. The highest BCUT2D eigenvalue weighted by Crippen LogP contribution is 2.47. The predicted molar refractivity (Wildman–Crippen MR) is 159 cm³/mol. The van der Waals surface area contributed by atoms with Crippen molar-refractivity contribution >= 4 is 0 Å². The minimum Gasteiger partial charge on any atom is -0.429 e. The van der Waals surface area contributed by atoms with E-state index in [1.165, 1.54) is 89.2 Å². The lowest BCUT2D eigenvalue weighted by atomic mass is 9.68. The number of epoxide rings is 1. The molecule has 0 radical (unpaired) electrons. The highest BCUT2D eigenvalue weighted by atomic mass is 19.4. The summed E-state index contributed by atoms with van der Waals surface area (Å²) in [6.45, 7) is 3.42. The van der Waals surface area contributed by atoms with Crippen LogP contribution in [0.15, 0.2) is 30.3 Å². The fourth-order valence-electron chi connectivity index (χ4n) is 7.80. The van der Waals surface area contributed by atoms with Crippen molar-refractivity contribution in [3.05, 3.63) is 64.0 Å². The standard InChI is InChI=1S/C36H46F6O2/c1-3-4-5-6-24-9-15-27(16-10-24)28-17-11-25(12-18-28)7-8-26-13-19-29(20-14-26)44-36(41,42)32-23(2)21-30(31-22-43-31)34(37)33(32)35(38,39)40/h13-14,19-21,24-25,27-28,31H,3-12,15-18,22H2,1-2H3. The Hall–Kier alpha value is -2.22. The van der Waals surface area contributed by atoms with E-state index in [-0.39, 0.29) is 17.9 Å². The highest BCUT2D eigenvalue weighted by Gasteiger charge is 2.50. The number of ether oxygens (including phenoxy) is 2. The van der Waals surface area contributed by atoms with Gasteiger partial charge in [0.05, 0.1) is 12.2 Å². The first-order valence-corrected chi connectivity index (χ1v) is 16.6. The van der Waals surface area contributed by atoms with Crippen molar-refractivity contribution in [3.8, 4) is 5.75 Å². The summed E-state index contributed by atoms with van der Waals surface area (Å²) in [4.78, 5) is 0. The van der Waals surface area contributed by atoms with Crippen LogP contribution in [-0.4, -0.2) is 6.61 Å². The number of unbranched alkanes of at least 4 members (excludes halogenated alkanes) is 2. The quantitative estimate of drug-likeness (QED) is 0.133. The van der Waals surface area contributed by atoms with Gasteiger partial charge in [-0.1, -0.05) is 70.4 Å². The topological polar surface area (TPSA) is 21.8 Å². The zero-order valence-corrected chi connectivity index (χ0v) is 26.0. The first-order chi connectivity index (χ1) is 21.0. The first-order valence-electron chi connectivity index (χ1n) is 16.6. The molecule has 2 nitrogen and oxygen atoms in total. The summed E-state index contributed by atoms with van der Waals surface area (Å²) in [5, 5.41) is 0. The average Bonchev–Trinajstić information content (AvgIpc) is 3.83. The van der Waals surface area contributed by atoms with Gasteiger partial charge >= 0.3 is 12.3 Å². The van der Waals surface area contributed by atoms with E-state index < -0.39 is 40.9 Å². The average molecular weight is 625 g/mol. The Morgan fingerprint density at radius 1 is 0.795 bits per heavy atom. The molecule has 1 unspecified atom stereocenters. The Morgan fingerprint density at radius 2 is 1.36 bits per heavy atom. The van der Waals surface area contributed by atoms with E-state index in [1.807, 2.05) is 0 Å². The third-order valence-corrected chi connectivity index (χ3v) is 10.4. The number of alkyl halides is 5. The molecule has 3 fully saturated rings. The molecule has 1 saturated heterocycles. The second kappa shape index (κ2) is 14.0. The van der Waals surface area contributed by atoms with Crippen molar-refractivity contribution in [1.82, 2.24) is 0 Å². The molecule has 1 aliphatic heterocycles. The second-order valence-electron chi connectivity index (χ2n) is 13.5. The third kappa shape index (κ3) is 8.13. The monoisotopic (exact) mass is 624 g/mol. The van der Waals surface area contributed by atoms with Gasteiger partial charge in [0.25, 0.3) is 0 Å². The molecule has 244 valence electrons. The summed E-state index contributed by atoms with van der Waals surface area (Å²) in [7, 11) is 0. The van der Waals surface area contributed by atoms with E-state index in [2.05, 4.69) is 6.92 Å². The summed E-state index contributed by atoms with van der Waals surface area (Å²) in [6, 6.07) is 7.06. The van der Waals surface area contributed by atoms with E-state index in [0.717, 1.165) is 49.1 Å². The Balaban J connectivity index is 1.12. The van der Waals surface area contributed by atoms with Gasteiger partial charge in [-0.05, 0) is 98.4 Å². The Morgan fingerprint density at radius 3 is 1.89 bits per heavy atom. The third-order valence-electron chi connectivity index (χ3n) is 10.4. The number of hydrogen-bond acceptors (Lipinski definition) is 2. The van der Waals surface area contributed by atoms with Crippen LogP contribution in [0.1, 0.15) is 124 Å². The predicted octanol–water partition coefficient (Wildman–Crippen LogP) is 11.5. The van der Waals surface area contributed by atoms with Gasteiger partial charge in [0.2, 0.25) is 0 Å². The molecule has 5 rings (SSSR count).